The molecule has 0 spiro atoms. The Kier molecular flexibility index (Phi) is 6.52. The maximum absolute atomic E-state index is 5.02. The number of nitrogens with zero attached hydrogens (tertiary/aromatic N) is 2. The van der Waals surface area contributed by atoms with Crippen molar-refractivity contribution >= 4 is 11.3 Å². The van der Waals surface area contributed by atoms with Crippen molar-refractivity contribution in [1.82, 2.24) is 15.5 Å². The molecule has 1 heterocycles. The number of nitrogens with one attached hydrogen (secondary N) is 1. The lowest BCUT2D eigenvalue weighted by atomic mass is 10.3. The van der Waals surface area contributed by atoms with Crippen molar-refractivity contribution in [3.8, 4) is 0 Å². The monoisotopic (exact) mass is 243 g/mol. The van der Waals surface area contributed by atoms with E-state index in [1.54, 1.807) is 18.4 Å². The molecule has 1 aromatic rings. The highest BCUT2D eigenvalue weighted by Crippen LogP contribution is 2.18. The van der Waals surface area contributed by atoms with Crippen LogP contribution in [0.15, 0.2) is 0 Å². The molecule has 0 radical (unpaired) electrons. The zero-order valence-electron chi connectivity index (χ0n) is 10.3. The Morgan fingerprint density at radius 1 is 1.44 bits per heavy atom. The minimum absolute atomic E-state index is 0.314. The van der Waals surface area contributed by atoms with Crippen LogP contribution in [0.25, 0.3) is 0 Å². The molecule has 0 amide bonds. The number of hydrogen-bond acceptors (Lipinski definition) is 5. The summed E-state index contributed by atoms with van der Waals surface area (Å²) in [5, 5.41) is 14.0. The summed E-state index contributed by atoms with van der Waals surface area (Å²) >= 11 is 1.70. The van der Waals surface area contributed by atoms with Gasteiger partial charge in [-0.3, -0.25) is 0 Å². The van der Waals surface area contributed by atoms with E-state index in [9.17, 15) is 0 Å². The average Bonchev–Trinajstić information content (AvgIpc) is 2.75. The molecule has 0 saturated heterocycles. The lowest BCUT2D eigenvalue weighted by molar-refractivity contribution is 0.195. The van der Waals surface area contributed by atoms with Crippen molar-refractivity contribution in [3.63, 3.8) is 0 Å². The van der Waals surface area contributed by atoms with Gasteiger partial charge in [-0.1, -0.05) is 18.3 Å². The fourth-order valence-corrected chi connectivity index (χ4v) is 2.27. The third-order valence-electron chi connectivity index (χ3n) is 2.29. The smallest absolute Gasteiger partial charge is 0.134 e. The van der Waals surface area contributed by atoms with E-state index in [0.717, 1.165) is 42.4 Å². The van der Waals surface area contributed by atoms with Crippen molar-refractivity contribution in [2.45, 2.75) is 39.2 Å². The predicted molar refractivity (Wildman–Crippen MR) is 66.8 cm³/mol. The van der Waals surface area contributed by atoms with Gasteiger partial charge in [0.1, 0.15) is 10.0 Å². The van der Waals surface area contributed by atoms with E-state index in [4.69, 9.17) is 4.74 Å². The number of aryl methyl sites for hydroxylation is 1. The molecule has 0 saturated carbocycles. The van der Waals surface area contributed by atoms with Gasteiger partial charge in [-0.15, -0.1) is 10.2 Å². The lowest BCUT2D eigenvalue weighted by Crippen LogP contribution is -2.18. The predicted octanol–water partition coefficient (Wildman–Crippen LogP) is 2.18. The van der Waals surface area contributed by atoms with Gasteiger partial charge >= 0.3 is 0 Å². The Hall–Kier alpha value is -0.520. The summed E-state index contributed by atoms with van der Waals surface area (Å²) in [7, 11) is 1.72. The Bertz CT molecular complexity index is 291. The second-order valence-electron chi connectivity index (χ2n) is 3.81. The fourth-order valence-electron chi connectivity index (χ4n) is 1.36. The SMILES string of the molecule is CCCNC(C)c1nnc(CCCOC)s1. The van der Waals surface area contributed by atoms with Crippen molar-refractivity contribution < 1.29 is 4.74 Å². The highest BCUT2D eigenvalue weighted by molar-refractivity contribution is 7.11. The first-order valence-corrected chi connectivity index (χ1v) is 6.64. The van der Waals surface area contributed by atoms with Crippen LogP contribution in [-0.4, -0.2) is 30.5 Å². The van der Waals surface area contributed by atoms with Crippen LogP contribution in [0.5, 0.6) is 0 Å². The molecule has 0 fully saturated rings. The van der Waals surface area contributed by atoms with Gasteiger partial charge in [0.05, 0.1) is 6.04 Å². The van der Waals surface area contributed by atoms with Crippen LogP contribution in [0.2, 0.25) is 0 Å². The van der Waals surface area contributed by atoms with Gasteiger partial charge in [0.15, 0.2) is 0 Å². The Labute approximate surface area is 101 Å². The minimum atomic E-state index is 0.314. The highest BCUT2D eigenvalue weighted by Gasteiger charge is 2.10. The number of methoxy groups -OCH3 is 1. The third-order valence-corrected chi connectivity index (χ3v) is 3.46. The fraction of sp³-hybridized carbons (Fsp3) is 0.818. The average molecular weight is 243 g/mol. The Balaban J connectivity index is 2.37. The first kappa shape index (κ1) is 13.5. The maximum atomic E-state index is 5.02. The lowest BCUT2D eigenvalue weighted by Gasteiger charge is -2.08. The summed E-state index contributed by atoms with van der Waals surface area (Å²) in [6.07, 6.45) is 3.12. The first-order valence-electron chi connectivity index (χ1n) is 5.82. The van der Waals surface area contributed by atoms with Crippen molar-refractivity contribution in [2.75, 3.05) is 20.3 Å². The quantitative estimate of drug-likeness (QED) is 0.711. The van der Waals surface area contributed by atoms with E-state index >= 15 is 0 Å². The van der Waals surface area contributed by atoms with Crippen molar-refractivity contribution in [2.24, 2.45) is 0 Å². The molecule has 1 atom stereocenters. The van der Waals surface area contributed by atoms with Gasteiger partial charge in [-0.05, 0) is 26.3 Å². The van der Waals surface area contributed by atoms with Crippen LogP contribution >= 0.6 is 11.3 Å². The summed E-state index contributed by atoms with van der Waals surface area (Å²) in [5.74, 6) is 0. The summed E-state index contributed by atoms with van der Waals surface area (Å²) in [4.78, 5) is 0. The molecule has 0 aromatic carbocycles. The molecule has 0 aliphatic rings. The van der Waals surface area contributed by atoms with Gasteiger partial charge in [0.25, 0.3) is 0 Å². The van der Waals surface area contributed by atoms with Crippen LogP contribution in [-0.2, 0) is 11.2 Å². The largest absolute Gasteiger partial charge is 0.385 e. The molecule has 1 N–H and O–H groups in total. The normalized spacial score (nSPS) is 12.9. The van der Waals surface area contributed by atoms with Gasteiger partial charge in [0.2, 0.25) is 0 Å². The van der Waals surface area contributed by atoms with E-state index in [1.165, 1.54) is 0 Å². The Morgan fingerprint density at radius 3 is 2.94 bits per heavy atom. The Morgan fingerprint density at radius 2 is 2.25 bits per heavy atom. The van der Waals surface area contributed by atoms with Gasteiger partial charge in [-0.25, -0.2) is 0 Å². The number of ether oxygens (including phenoxy) is 1. The maximum Gasteiger partial charge on any atom is 0.134 e. The molecule has 5 heteroatoms. The molecular weight excluding hydrogens is 222 g/mol. The molecule has 1 unspecified atom stereocenters. The molecule has 4 nitrogen and oxygen atoms in total. The summed E-state index contributed by atoms with van der Waals surface area (Å²) in [5.41, 5.74) is 0. The number of hydrogen-bond donors (Lipinski definition) is 1. The van der Waals surface area contributed by atoms with E-state index in [0.29, 0.717) is 6.04 Å². The van der Waals surface area contributed by atoms with Gasteiger partial charge < -0.3 is 10.1 Å². The summed E-state index contributed by atoms with van der Waals surface area (Å²) < 4.78 is 5.02. The second-order valence-corrected chi connectivity index (χ2v) is 4.90. The zero-order chi connectivity index (χ0) is 11.8. The highest BCUT2D eigenvalue weighted by atomic mass is 32.1. The first-order chi connectivity index (χ1) is 7.77. The minimum Gasteiger partial charge on any atom is -0.385 e. The van der Waals surface area contributed by atoms with E-state index < -0.39 is 0 Å². The van der Waals surface area contributed by atoms with E-state index in [1.807, 2.05) is 0 Å². The molecule has 0 aliphatic carbocycles. The summed E-state index contributed by atoms with van der Waals surface area (Å²) in [6, 6.07) is 0.314. The van der Waals surface area contributed by atoms with Crippen LogP contribution in [0.1, 0.15) is 42.7 Å². The number of rotatable bonds is 8. The molecule has 1 rings (SSSR count). The topological polar surface area (TPSA) is 47.0 Å². The summed E-state index contributed by atoms with van der Waals surface area (Å²) in [6.45, 7) is 6.11. The van der Waals surface area contributed by atoms with Crippen molar-refractivity contribution in [3.05, 3.63) is 10.0 Å². The van der Waals surface area contributed by atoms with Gasteiger partial charge in [0, 0.05) is 20.1 Å². The zero-order valence-corrected chi connectivity index (χ0v) is 11.1. The molecule has 0 aliphatic heterocycles. The number of aromatic nitrogens is 2. The molecule has 1 aromatic heterocycles. The van der Waals surface area contributed by atoms with Crippen LogP contribution < -0.4 is 5.32 Å². The molecular formula is C11H21N3OS. The third kappa shape index (κ3) is 4.55. The molecule has 92 valence electrons. The van der Waals surface area contributed by atoms with Crippen LogP contribution in [0, 0.1) is 0 Å². The van der Waals surface area contributed by atoms with Crippen LogP contribution in [0.3, 0.4) is 0 Å². The standard InChI is InChI=1S/C11H21N3OS/c1-4-7-12-9(2)11-14-13-10(16-11)6-5-8-15-3/h9,12H,4-8H2,1-3H3. The van der Waals surface area contributed by atoms with Crippen LogP contribution in [0.4, 0.5) is 0 Å². The second kappa shape index (κ2) is 7.70. The van der Waals surface area contributed by atoms with Gasteiger partial charge in [-0.2, -0.15) is 0 Å². The van der Waals surface area contributed by atoms with E-state index in [-0.39, 0.29) is 0 Å². The molecule has 16 heavy (non-hydrogen) atoms. The van der Waals surface area contributed by atoms with E-state index in [2.05, 4.69) is 29.4 Å². The van der Waals surface area contributed by atoms with Crippen molar-refractivity contribution in [1.29, 1.82) is 0 Å². The molecule has 0 bridgehead atoms.